The summed E-state index contributed by atoms with van der Waals surface area (Å²) < 4.78 is 26.0. The third-order valence-electron chi connectivity index (χ3n) is 8.72. The summed E-state index contributed by atoms with van der Waals surface area (Å²) in [7, 11) is 0. The standard InChI is InChI=1S/2C18H16FN5O/c2*1-9-2-3-21-7-12(9)15-4-10-5-16(22-8-13(10)17(20)23-15)24-18(25)11-6-14(11)19/h2*2-5,7-8,11,14H,6H2,1H3,(H2,20,23)(H,22,24,25)/t11-,14-;/m0./s1. The summed E-state index contributed by atoms with van der Waals surface area (Å²) in [5.74, 6) is -0.358. The molecule has 6 heterocycles. The molecular formula is C36H32F2N10O2. The molecule has 12 nitrogen and oxygen atoms in total. The lowest BCUT2D eigenvalue weighted by Gasteiger charge is -2.10. The molecule has 8 rings (SSSR count). The molecule has 0 bridgehead atoms. The fourth-order valence-corrected chi connectivity index (χ4v) is 5.53. The van der Waals surface area contributed by atoms with Crippen LogP contribution in [0.15, 0.2) is 73.6 Å². The number of nitrogen functional groups attached to an aromatic ring is 2. The summed E-state index contributed by atoms with van der Waals surface area (Å²) in [5, 5.41) is 8.28. The molecule has 0 aromatic carbocycles. The summed E-state index contributed by atoms with van der Waals surface area (Å²) in [6.45, 7) is 3.95. The van der Waals surface area contributed by atoms with Crippen molar-refractivity contribution in [1.82, 2.24) is 29.9 Å². The Bertz CT molecular complexity index is 2140. The minimum atomic E-state index is -1.04. The third-order valence-corrected chi connectivity index (χ3v) is 8.72. The van der Waals surface area contributed by atoms with Crippen LogP contribution in [0.2, 0.25) is 0 Å². The Morgan fingerprint density at radius 1 is 0.680 bits per heavy atom. The van der Waals surface area contributed by atoms with E-state index in [-0.39, 0.29) is 24.7 Å². The van der Waals surface area contributed by atoms with Crippen molar-refractivity contribution < 1.29 is 18.4 Å². The summed E-state index contributed by atoms with van der Waals surface area (Å²) in [6, 6.07) is 11.0. The van der Waals surface area contributed by atoms with Crippen molar-refractivity contribution in [3.63, 3.8) is 0 Å². The second-order valence-corrected chi connectivity index (χ2v) is 12.4. The maximum absolute atomic E-state index is 13.0. The number of rotatable bonds is 6. The topological polar surface area (TPSA) is 188 Å². The molecule has 2 saturated carbocycles. The van der Waals surface area contributed by atoms with E-state index in [0.717, 1.165) is 33.0 Å². The molecule has 2 aliphatic carbocycles. The Balaban J connectivity index is 0.000000157. The normalized spacial score (nSPS) is 19.0. The van der Waals surface area contributed by atoms with Crippen LogP contribution in [0.3, 0.4) is 0 Å². The van der Waals surface area contributed by atoms with E-state index in [1.807, 2.05) is 38.1 Å². The SMILES string of the molecule is Cc1ccncc1-c1cc2cc(NC(=O)C3CC3F)ncc2c(N)n1.Cc1ccncc1-c1cc2cc(NC(=O)[C@H]3C[C@@H]3F)ncc2c(N)n1. The van der Waals surface area contributed by atoms with E-state index >= 15 is 0 Å². The Kier molecular flexibility index (Phi) is 8.43. The molecule has 2 amide bonds. The Hall–Kier alpha value is -6.18. The molecule has 4 atom stereocenters. The van der Waals surface area contributed by atoms with Gasteiger partial charge in [-0.3, -0.25) is 19.6 Å². The molecule has 14 heteroatoms. The number of amides is 2. The summed E-state index contributed by atoms with van der Waals surface area (Å²) in [4.78, 5) is 49.3. The number of fused-ring (bicyclic) bond motifs is 2. The largest absolute Gasteiger partial charge is 0.383 e. The predicted octanol–water partition coefficient (Wildman–Crippen LogP) is 5.76. The lowest BCUT2D eigenvalue weighted by atomic mass is 10.1. The van der Waals surface area contributed by atoms with E-state index < -0.39 is 24.2 Å². The lowest BCUT2D eigenvalue weighted by molar-refractivity contribution is -0.118. The van der Waals surface area contributed by atoms with Crippen molar-refractivity contribution in [2.75, 3.05) is 22.1 Å². The molecule has 6 aromatic rings. The zero-order chi connectivity index (χ0) is 35.1. The molecule has 0 saturated heterocycles. The number of hydrogen-bond acceptors (Lipinski definition) is 10. The molecule has 0 spiro atoms. The molecule has 0 radical (unpaired) electrons. The van der Waals surface area contributed by atoms with Gasteiger partial charge in [-0.1, -0.05) is 0 Å². The van der Waals surface area contributed by atoms with E-state index in [0.29, 0.717) is 45.4 Å². The van der Waals surface area contributed by atoms with Gasteiger partial charge in [0.25, 0.3) is 0 Å². The van der Waals surface area contributed by atoms with Gasteiger partial charge < -0.3 is 22.1 Å². The number of nitrogens with one attached hydrogen (secondary N) is 2. The third kappa shape index (κ3) is 6.72. The van der Waals surface area contributed by atoms with E-state index in [2.05, 4.69) is 40.5 Å². The van der Waals surface area contributed by atoms with Crippen LogP contribution in [-0.2, 0) is 9.59 Å². The summed E-state index contributed by atoms with van der Waals surface area (Å²) >= 11 is 0. The fraction of sp³-hybridized carbons (Fsp3) is 0.222. The Morgan fingerprint density at radius 2 is 1.08 bits per heavy atom. The van der Waals surface area contributed by atoms with Crippen LogP contribution < -0.4 is 22.1 Å². The molecule has 252 valence electrons. The second-order valence-electron chi connectivity index (χ2n) is 12.4. The molecule has 0 aliphatic heterocycles. The van der Waals surface area contributed by atoms with Gasteiger partial charge in [-0.05, 0) is 85.0 Å². The van der Waals surface area contributed by atoms with Gasteiger partial charge in [0.1, 0.15) is 35.6 Å². The first kappa shape index (κ1) is 32.4. The molecule has 50 heavy (non-hydrogen) atoms. The van der Waals surface area contributed by atoms with Gasteiger partial charge in [0.15, 0.2) is 0 Å². The first-order valence-corrected chi connectivity index (χ1v) is 15.9. The van der Waals surface area contributed by atoms with E-state index in [4.69, 9.17) is 11.5 Å². The Morgan fingerprint density at radius 3 is 1.44 bits per heavy atom. The smallest absolute Gasteiger partial charge is 0.231 e. The first-order chi connectivity index (χ1) is 24.0. The van der Waals surface area contributed by atoms with Crippen molar-refractivity contribution in [3.05, 3.63) is 84.7 Å². The van der Waals surface area contributed by atoms with Crippen molar-refractivity contribution in [2.24, 2.45) is 11.8 Å². The zero-order valence-electron chi connectivity index (χ0n) is 27.1. The van der Waals surface area contributed by atoms with Crippen LogP contribution in [0.25, 0.3) is 44.1 Å². The molecule has 6 N–H and O–H groups in total. The highest BCUT2D eigenvalue weighted by Crippen LogP contribution is 2.36. The molecule has 2 fully saturated rings. The van der Waals surface area contributed by atoms with Gasteiger partial charge in [0.05, 0.1) is 23.2 Å². The number of carbonyl (C=O) groups is 2. The average molecular weight is 675 g/mol. The van der Waals surface area contributed by atoms with Gasteiger partial charge in [0, 0.05) is 59.1 Å². The quantitative estimate of drug-likeness (QED) is 0.169. The number of aromatic nitrogens is 6. The monoisotopic (exact) mass is 674 g/mol. The van der Waals surface area contributed by atoms with Crippen LogP contribution in [0.5, 0.6) is 0 Å². The van der Waals surface area contributed by atoms with Crippen molar-refractivity contribution in [2.45, 2.75) is 39.0 Å². The first-order valence-electron chi connectivity index (χ1n) is 15.9. The minimum Gasteiger partial charge on any atom is -0.383 e. The maximum atomic E-state index is 13.0. The highest BCUT2D eigenvalue weighted by molar-refractivity contribution is 6.00. The molecule has 2 unspecified atom stereocenters. The van der Waals surface area contributed by atoms with Crippen molar-refractivity contribution in [1.29, 1.82) is 0 Å². The number of aryl methyl sites for hydroxylation is 2. The number of nitrogens with two attached hydrogens (primary N) is 2. The van der Waals surface area contributed by atoms with Crippen LogP contribution in [0.4, 0.5) is 32.1 Å². The molecule has 6 aromatic heterocycles. The number of anilines is 4. The number of alkyl halides is 2. The number of hydrogen-bond donors (Lipinski definition) is 4. The molecular weight excluding hydrogens is 642 g/mol. The lowest BCUT2D eigenvalue weighted by Crippen LogP contribution is -2.15. The number of nitrogens with zero attached hydrogens (tertiary/aromatic N) is 6. The fourth-order valence-electron chi connectivity index (χ4n) is 5.53. The van der Waals surface area contributed by atoms with Crippen molar-refractivity contribution in [3.8, 4) is 22.5 Å². The maximum Gasteiger partial charge on any atom is 0.231 e. The second kappa shape index (κ2) is 13.0. The van der Waals surface area contributed by atoms with Crippen LogP contribution in [0, 0.1) is 25.7 Å². The van der Waals surface area contributed by atoms with Crippen LogP contribution >= 0.6 is 0 Å². The van der Waals surface area contributed by atoms with Gasteiger partial charge in [-0.2, -0.15) is 0 Å². The van der Waals surface area contributed by atoms with Crippen molar-refractivity contribution >= 4 is 56.6 Å². The molecule has 2 aliphatic rings. The van der Waals surface area contributed by atoms with Crippen LogP contribution in [0.1, 0.15) is 24.0 Å². The van der Waals surface area contributed by atoms with Gasteiger partial charge >= 0.3 is 0 Å². The highest BCUT2D eigenvalue weighted by atomic mass is 19.1. The predicted molar refractivity (Wildman–Crippen MR) is 187 cm³/mol. The van der Waals surface area contributed by atoms with Gasteiger partial charge in [0.2, 0.25) is 11.8 Å². The highest BCUT2D eigenvalue weighted by Gasteiger charge is 2.44. The Labute approximate surface area is 284 Å². The van der Waals surface area contributed by atoms with Gasteiger partial charge in [-0.15, -0.1) is 0 Å². The van der Waals surface area contributed by atoms with E-state index in [1.54, 1.807) is 49.3 Å². The van der Waals surface area contributed by atoms with E-state index in [1.165, 1.54) is 0 Å². The van der Waals surface area contributed by atoms with Gasteiger partial charge in [-0.25, -0.2) is 28.7 Å². The number of carbonyl (C=O) groups excluding carboxylic acids is 2. The zero-order valence-corrected chi connectivity index (χ0v) is 27.1. The summed E-state index contributed by atoms with van der Waals surface area (Å²) in [5.41, 5.74) is 17.4. The average Bonchev–Trinajstić information content (AvgIpc) is 4.02. The minimum absolute atomic E-state index is 0.278. The number of pyridine rings is 6. The number of halogens is 2. The van der Waals surface area contributed by atoms with E-state index in [9.17, 15) is 18.4 Å². The van der Waals surface area contributed by atoms with Crippen LogP contribution in [-0.4, -0.2) is 54.1 Å². The summed E-state index contributed by atoms with van der Waals surface area (Å²) in [6.07, 6.45) is 8.51.